The van der Waals surface area contributed by atoms with Crippen LogP contribution in [0.3, 0.4) is 0 Å². The van der Waals surface area contributed by atoms with E-state index in [1.807, 2.05) is 13.2 Å². The molecule has 1 aromatic rings. The molecule has 0 bridgehead atoms. The number of hydrogen-bond acceptors (Lipinski definition) is 3. The maximum Gasteiger partial charge on any atom is 0.335 e. The Morgan fingerprint density at radius 2 is 1.81 bits per heavy atom. The van der Waals surface area contributed by atoms with Gasteiger partial charge in [-0.3, -0.25) is 0 Å². The highest BCUT2D eigenvalue weighted by molar-refractivity contribution is 7.98. The lowest BCUT2D eigenvalue weighted by Gasteiger charge is -2.29. The van der Waals surface area contributed by atoms with Crippen LogP contribution in [0.2, 0.25) is 0 Å². The summed E-state index contributed by atoms with van der Waals surface area (Å²) < 4.78 is 0. The van der Waals surface area contributed by atoms with Crippen molar-refractivity contribution in [2.24, 2.45) is 0 Å². The quantitative estimate of drug-likeness (QED) is 0.877. The number of rotatable bonds is 6. The number of benzene rings is 1. The molecule has 1 unspecified atom stereocenters. The Morgan fingerprint density at radius 1 is 1.24 bits per heavy atom. The van der Waals surface area contributed by atoms with Crippen molar-refractivity contribution >= 4 is 23.8 Å². The SMILES string of the molecule is CSCC(C)N(C)C(=O)N(C)Cc1ccc(C(=O)O)cc1. The van der Waals surface area contributed by atoms with Crippen LogP contribution in [-0.4, -0.2) is 59.1 Å². The molecule has 0 fully saturated rings. The second-order valence-corrected chi connectivity index (χ2v) is 5.97. The van der Waals surface area contributed by atoms with Gasteiger partial charge in [-0.1, -0.05) is 12.1 Å². The average molecular weight is 310 g/mol. The Balaban J connectivity index is 2.65. The molecule has 1 aromatic carbocycles. The van der Waals surface area contributed by atoms with Crippen molar-refractivity contribution in [1.29, 1.82) is 0 Å². The topological polar surface area (TPSA) is 60.9 Å². The zero-order chi connectivity index (χ0) is 16.0. The van der Waals surface area contributed by atoms with Gasteiger partial charge in [-0.2, -0.15) is 11.8 Å². The van der Waals surface area contributed by atoms with Gasteiger partial charge < -0.3 is 14.9 Å². The number of carboxylic acid groups (broad SMARTS) is 1. The van der Waals surface area contributed by atoms with E-state index in [-0.39, 0.29) is 17.6 Å². The molecule has 1 rings (SSSR count). The van der Waals surface area contributed by atoms with Crippen LogP contribution in [0.5, 0.6) is 0 Å². The molecule has 6 heteroatoms. The first-order valence-corrected chi connectivity index (χ1v) is 8.05. The number of carbonyl (C=O) groups excluding carboxylic acids is 1. The Labute approximate surface area is 129 Å². The van der Waals surface area contributed by atoms with Gasteiger partial charge in [-0.15, -0.1) is 0 Å². The summed E-state index contributed by atoms with van der Waals surface area (Å²) in [6, 6.07) is 6.70. The van der Waals surface area contributed by atoms with Gasteiger partial charge in [0.25, 0.3) is 0 Å². The van der Waals surface area contributed by atoms with Crippen LogP contribution in [0, 0.1) is 0 Å². The van der Waals surface area contributed by atoms with E-state index >= 15 is 0 Å². The molecule has 21 heavy (non-hydrogen) atoms. The number of thioether (sulfide) groups is 1. The fourth-order valence-electron chi connectivity index (χ4n) is 1.91. The minimum atomic E-state index is -0.948. The minimum absolute atomic E-state index is 0.0427. The molecule has 0 aliphatic heterocycles. The first kappa shape index (κ1) is 17.4. The maximum absolute atomic E-state index is 12.3. The Hall–Kier alpha value is -1.69. The molecule has 1 N–H and O–H groups in total. The Morgan fingerprint density at radius 3 is 2.29 bits per heavy atom. The molecule has 0 aliphatic carbocycles. The van der Waals surface area contributed by atoms with Crippen LogP contribution in [0.25, 0.3) is 0 Å². The number of amides is 2. The normalized spacial score (nSPS) is 11.8. The fourth-order valence-corrected chi connectivity index (χ4v) is 2.61. The van der Waals surface area contributed by atoms with Gasteiger partial charge in [-0.05, 0) is 30.9 Å². The lowest BCUT2D eigenvalue weighted by Crippen LogP contribution is -2.44. The number of aromatic carboxylic acids is 1. The van der Waals surface area contributed by atoms with Crippen LogP contribution in [0.1, 0.15) is 22.8 Å². The number of nitrogens with zero attached hydrogens (tertiary/aromatic N) is 2. The number of hydrogen-bond donors (Lipinski definition) is 1. The van der Waals surface area contributed by atoms with Gasteiger partial charge in [-0.25, -0.2) is 9.59 Å². The zero-order valence-electron chi connectivity index (χ0n) is 12.9. The standard InChI is InChI=1S/C15H22N2O3S/c1-11(10-21-4)17(3)15(20)16(2)9-12-5-7-13(8-6-12)14(18)19/h5-8,11H,9-10H2,1-4H3,(H,18,19). The predicted molar refractivity (Wildman–Crippen MR) is 85.9 cm³/mol. The molecule has 0 spiro atoms. The van der Waals surface area contributed by atoms with Crippen LogP contribution >= 0.6 is 11.8 Å². The Bertz CT molecular complexity index is 490. The second kappa shape index (κ2) is 7.93. The molecule has 0 heterocycles. The van der Waals surface area contributed by atoms with E-state index in [0.29, 0.717) is 6.54 Å². The summed E-state index contributed by atoms with van der Waals surface area (Å²) >= 11 is 1.71. The predicted octanol–water partition coefficient (Wildman–Crippen LogP) is 2.62. The van der Waals surface area contributed by atoms with Gasteiger partial charge in [0.1, 0.15) is 0 Å². The van der Waals surface area contributed by atoms with Crippen molar-refractivity contribution in [1.82, 2.24) is 9.80 Å². The second-order valence-electron chi connectivity index (χ2n) is 5.06. The van der Waals surface area contributed by atoms with E-state index < -0.39 is 5.97 Å². The zero-order valence-corrected chi connectivity index (χ0v) is 13.7. The lowest BCUT2D eigenvalue weighted by atomic mass is 10.1. The monoisotopic (exact) mass is 310 g/mol. The van der Waals surface area contributed by atoms with Gasteiger partial charge in [0.2, 0.25) is 0 Å². The van der Waals surface area contributed by atoms with Gasteiger partial charge in [0.05, 0.1) is 5.56 Å². The molecular formula is C15H22N2O3S. The Kier molecular flexibility index (Phi) is 6.55. The van der Waals surface area contributed by atoms with E-state index in [1.54, 1.807) is 59.9 Å². The van der Waals surface area contributed by atoms with Crippen molar-refractivity contribution in [3.63, 3.8) is 0 Å². The molecule has 0 saturated heterocycles. The highest BCUT2D eigenvalue weighted by Crippen LogP contribution is 2.10. The first-order chi connectivity index (χ1) is 9.86. The van der Waals surface area contributed by atoms with E-state index in [2.05, 4.69) is 0 Å². The summed E-state index contributed by atoms with van der Waals surface area (Å²) in [5, 5.41) is 8.86. The lowest BCUT2D eigenvalue weighted by molar-refractivity contribution is 0.0696. The van der Waals surface area contributed by atoms with E-state index in [1.165, 1.54) is 0 Å². The van der Waals surface area contributed by atoms with Gasteiger partial charge >= 0.3 is 12.0 Å². The van der Waals surface area contributed by atoms with Crippen LogP contribution < -0.4 is 0 Å². The number of urea groups is 1. The molecule has 5 nitrogen and oxygen atoms in total. The molecule has 1 atom stereocenters. The first-order valence-electron chi connectivity index (χ1n) is 6.66. The molecule has 0 aliphatic rings. The summed E-state index contributed by atoms with van der Waals surface area (Å²) in [6.07, 6.45) is 2.02. The summed E-state index contributed by atoms with van der Waals surface area (Å²) in [4.78, 5) is 26.4. The number of carboxylic acids is 1. The third-order valence-corrected chi connectivity index (χ3v) is 4.13. The summed E-state index contributed by atoms with van der Waals surface area (Å²) in [5.74, 6) is -0.0553. The highest BCUT2D eigenvalue weighted by atomic mass is 32.2. The van der Waals surface area contributed by atoms with Crippen LogP contribution in [0.15, 0.2) is 24.3 Å². The van der Waals surface area contributed by atoms with Crippen molar-refractivity contribution in [2.45, 2.75) is 19.5 Å². The van der Waals surface area contributed by atoms with E-state index in [4.69, 9.17) is 5.11 Å². The molecule has 0 aromatic heterocycles. The fraction of sp³-hybridized carbons (Fsp3) is 0.467. The van der Waals surface area contributed by atoms with Gasteiger partial charge in [0, 0.05) is 32.4 Å². The maximum atomic E-state index is 12.3. The smallest absolute Gasteiger partial charge is 0.335 e. The average Bonchev–Trinajstić information content (AvgIpc) is 2.46. The minimum Gasteiger partial charge on any atom is -0.478 e. The van der Waals surface area contributed by atoms with Crippen molar-refractivity contribution in [2.75, 3.05) is 26.1 Å². The summed E-state index contributed by atoms with van der Waals surface area (Å²) in [6.45, 7) is 2.47. The van der Waals surface area contributed by atoms with Gasteiger partial charge in [0.15, 0.2) is 0 Å². The molecule has 2 amide bonds. The molecule has 0 radical (unpaired) electrons. The largest absolute Gasteiger partial charge is 0.478 e. The van der Waals surface area contributed by atoms with Crippen LogP contribution in [0.4, 0.5) is 4.79 Å². The third-order valence-electron chi connectivity index (χ3n) is 3.32. The summed E-state index contributed by atoms with van der Waals surface area (Å²) in [7, 11) is 3.54. The van der Waals surface area contributed by atoms with E-state index in [9.17, 15) is 9.59 Å². The van der Waals surface area contributed by atoms with Crippen molar-refractivity contribution in [3.8, 4) is 0 Å². The highest BCUT2D eigenvalue weighted by Gasteiger charge is 2.19. The van der Waals surface area contributed by atoms with E-state index in [0.717, 1.165) is 11.3 Å². The third kappa shape index (κ3) is 4.97. The van der Waals surface area contributed by atoms with Crippen molar-refractivity contribution < 1.29 is 14.7 Å². The van der Waals surface area contributed by atoms with Crippen molar-refractivity contribution in [3.05, 3.63) is 35.4 Å². The summed E-state index contributed by atoms with van der Waals surface area (Å²) in [5.41, 5.74) is 1.15. The van der Waals surface area contributed by atoms with Crippen LogP contribution in [-0.2, 0) is 6.54 Å². The number of carbonyl (C=O) groups is 2. The molecule has 0 saturated carbocycles. The molecule has 116 valence electrons. The molecular weight excluding hydrogens is 288 g/mol.